The molecule has 0 aromatic heterocycles. The molecule has 0 aromatic rings. The van der Waals surface area contributed by atoms with Crippen molar-refractivity contribution in [1.29, 1.82) is 0 Å². The van der Waals surface area contributed by atoms with Gasteiger partial charge in [0.05, 0.1) is 12.0 Å². The molecule has 1 N–H and O–H groups in total. The zero-order chi connectivity index (χ0) is 17.5. The van der Waals surface area contributed by atoms with Crippen molar-refractivity contribution in [1.82, 2.24) is 0 Å². The summed E-state index contributed by atoms with van der Waals surface area (Å²) in [4.78, 5) is 11.2. The average molecular weight is 358 g/mol. The summed E-state index contributed by atoms with van der Waals surface area (Å²) in [6.07, 6.45) is 12.6. The summed E-state index contributed by atoms with van der Waals surface area (Å²) >= 11 is 0. The maximum atomic E-state index is 11.2. The van der Waals surface area contributed by atoms with Crippen LogP contribution in [0.1, 0.15) is 33.6 Å². The number of hydrogen-bond donors (Lipinski definition) is 1. The van der Waals surface area contributed by atoms with E-state index in [4.69, 9.17) is 9.30 Å². The summed E-state index contributed by atoms with van der Waals surface area (Å²) in [7, 11) is 0. The van der Waals surface area contributed by atoms with Gasteiger partial charge in [-0.15, -0.1) is 0 Å². The summed E-state index contributed by atoms with van der Waals surface area (Å²) in [5.74, 6) is 1.72. The molecule has 6 radical (unpaired) electrons. The molecule has 2 rings (SSSR count). The van der Waals surface area contributed by atoms with Crippen LogP contribution in [0.2, 0.25) is 0 Å². The van der Waals surface area contributed by atoms with Gasteiger partial charge >= 0.3 is 22.6 Å². The van der Waals surface area contributed by atoms with Crippen LogP contribution >= 0.6 is 0 Å². The molecule has 2 atom stereocenters. The smallest absolute Gasteiger partial charge is 0 e. The van der Waals surface area contributed by atoms with Crippen LogP contribution in [0.15, 0.2) is 12.2 Å². The second-order valence-electron chi connectivity index (χ2n) is 5.31. The first-order chi connectivity index (χ1) is 10.5. The number of allylic oxidation sites excluding steroid dienone is 2. The molecule has 0 aromatic carbocycles. The van der Waals surface area contributed by atoms with Crippen LogP contribution in [-0.2, 0) is 31.2 Å². The van der Waals surface area contributed by atoms with Gasteiger partial charge in [-0.05, 0) is 56.4 Å². The van der Waals surface area contributed by atoms with E-state index in [1.54, 1.807) is 6.08 Å². The van der Waals surface area contributed by atoms with Gasteiger partial charge in [0.2, 0.25) is 0 Å². The van der Waals surface area contributed by atoms with Crippen LogP contribution in [0.5, 0.6) is 0 Å². The van der Waals surface area contributed by atoms with Crippen LogP contribution in [0.25, 0.3) is 0 Å². The minimum Gasteiger partial charge on any atom is 0 e. The molecule has 0 aliphatic heterocycles. The van der Waals surface area contributed by atoms with Crippen molar-refractivity contribution in [3.05, 3.63) is 57.1 Å². The van der Waals surface area contributed by atoms with Gasteiger partial charge in [0.15, 0.2) is 5.78 Å². The molecule has 5 heteroatoms. The summed E-state index contributed by atoms with van der Waals surface area (Å²) < 4.78 is 15.0. The Labute approximate surface area is 151 Å². The van der Waals surface area contributed by atoms with Gasteiger partial charge < -0.3 is 5.11 Å². The van der Waals surface area contributed by atoms with Crippen molar-refractivity contribution in [3.8, 4) is 0 Å². The number of ketones is 1. The van der Waals surface area contributed by atoms with Crippen molar-refractivity contribution in [3.63, 3.8) is 0 Å². The number of aliphatic hydroxyl groups is 1. The first-order valence-electron chi connectivity index (χ1n) is 6.98. The molecule has 0 unspecified atom stereocenters. The number of carbonyl (C=O) groups is 1. The molecule has 2 aliphatic rings. The predicted molar refractivity (Wildman–Crippen MR) is 81.7 cm³/mol. The van der Waals surface area contributed by atoms with E-state index in [-0.39, 0.29) is 28.8 Å². The Morgan fingerprint density at radius 2 is 1.70 bits per heavy atom. The van der Waals surface area contributed by atoms with Crippen LogP contribution in [0.4, 0.5) is 0 Å². The molecular formula is C18H23MnO4. The Morgan fingerprint density at radius 3 is 1.96 bits per heavy atom. The largest absolute Gasteiger partial charge is 0 e. The normalized spacial score (nSPS) is 20.0. The molecule has 0 saturated heterocycles. The number of aliphatic hydroxyl groups excluding tert-OH is 1. The number of carbonyl (C=O) groups excluding carboxylic acids is 1. The van der Waals surface area contributed by atoms with E-state index in [1.165, 1.54) is 5.92 Å². The number of hydrogen-bond acceptors (Lipinski definition) is 2. The van der Waals surface area contributed by atoms with E-state index in [0.717, 1.165) is 6.42 Å². The number of rotatable bonds is 3. The molecule has 0 bridgehead atoms. The van der Waals surface area contributed by atoms with Gasteiger partial charge in [-0.2, -0.15) is 0 Å². The van der Waals surface area contributed by atoms with Gasteiger partial charge in [-0.25, -0.2) is 0 Å². The molecule has 1 saturated carbocycles. The van der Waals surface area contributed by atoms with E-state index in [1.807, 2.05) is 18.9 Å². The first-order valence-corrected chi connectivity index (χ1v) is 6.98. The van der Waals surface area contributed by atoms with Gasteiger partial charge in [0.1, 0.15) is 0 Å². The quantitative estimate of drug-likeness (QED) is 0.478. The fourth-order valence-corrected chi connectivity index (χ4v) is 2.03. The Kier molecular flexibility index (Phi) is 21.0. The Bertz CT molecular complexity index is 349. The molecular weight excluding hydrogens is 335 g/mol. The van der Waals surface area contributed by atoms with E-state index < -0.39 is 6.10 Å². The van der Waals surface area contributed by atoms with Gasteiger partial charge in [0, 0.05) is 17.1 Å². The van der Waals surface area contributed by atoms with Crippen LogP contribution in [-0.4, -0.2) is 17.0 Å². The molecule has 126 valence electrons. The van der Waals surface area contributed by atoms with Crippen LogP contribution < -0.4 is 0 Å². The maximum Gasteiger partial charge on any atom is 0 e. The third kappa shape index (κ3) is 13.5. The van der Waals surface area contributed by atoms with Crippen molar-refractivity contribution in [2.45, 2.75) is 39.7 Å². The van der Waals surface area contributed by atoms with E-state index in [9.17, 15) is 9.90 Å². The molecule has 23 heavy (non-hydrogen) atoms. The van der Waals surface area contributed by atoms with Gasteiger partial charge in [-0.1, -0.05) is 26.8 Å². The molecule has 2 aliphatic carbocycles. The molecule has 1 fully saturated rings. The van der Waals surface area contributed by atoms with Crippen molar-refractivity contribution in [2.24, 2.45) is 11.8 Å². The second-order valence-corrected chi connectivity index (χ2v) is 5.31. The third-order valence-corrected chi connectivity index (χ3v) is 3.04. The van der Waals surface area contributed by atoms with Crippen molar-refractivity contribution in [2.75, 3.05) is 0 Å². The summed E-state index contributed by atoms with van der Waals surface area (Å²) in [6.45, 7) is 15.2. The minimum absolute atomic E-state index is 0. The summed E-state index contributed by atoms with van der Waals surface area (Å²) in [5.41, 5.74) is 0. The van der Waals surface area contributed by atoms with Crippen LogP contribution in [0, 0.1) is 56.7 Å². The molecule has 0 heterocycles. The SMILES string of the molecule is CC(C)C[C@H](O)[C@@H]1CC=CC1=O.C[C]1[CH][CH][CH][CH]1.[C-]#[O+].[C-]#[O+].[Mn]. The van der Waals surface area contributed by atoms with Crippen molar-refractivity contribution >= 4 is 5.78 Å². The van der Waals surface area contributed by atoms with Gasteiger partial charge in [0.25, 0.3) is 0 Å². The maximum absolute atomic E-state index is 11.2. The van der Waals surface area contributed by atoms with E-state index in [2.05, 4.69) is 46.9 Å². The Hall–Kier alpha value is -0.631. The second kappa shape index (κ2) is 17.7. The molecule has 0 spiro atoms. The van der Waals surface area contributed by atoms with E-state index in [0.29, 0.717) is 12.3 Å². The minimum atomic E-state index is -0.451. The first kappa shape index (κ1) is 27.2. The topological polar surface area (TPSA) is 77.1 Å². The summed E-state index contributed by atoms with van der Waals surface area (Å²) in [5, 5.41) is 9.63. The predicted octanol–water partition coefficient (Wildman–Crippen LogP) is 2.87. The molecule has 0 amide bonds. The van der Waals surface area contributed by atoms with Crippen molar-refractivity contribution < 1.29 is 36.3 Å². The standard InChI is InChI=1S/C10H16O2.C6H7.2CO.Mn/c1-7(2)6-10(12)8-4-3-5-9(8)11;1-6-4-2-3-5-6;2*1-2;/h3,5,7-8,10,12H,4,6H2,1-2H3;2-5H,1H3;;;/t8-,10+;;;;/m1..../s1. The zero-order valence-electron chi connectivity index (χ0n) is 13.7. The Morgan fingerprint density at radius 1 is 1.22 bits per heavy atom. The fourth-order valence-electron chi connectivity index (χ4n) is 2.03. The van der Waals surface area contributed by atoms with Crippen LogP contribution in [0.3, 0.4) is 0 Å². The molecule has 4 nitrogen and oxygen atoms in total. The zero-order valence-corrected chi connectivity index (χ0v) is 14.8. The van der Waals surface area contributed by atoms with E-state index >= 15 is 0 Å². The Balaban J connectivity index is -0.000000308. The van der Waals surface area contributed by atoms with Gasteiger partial charge in [-0.3, -0.25) is 4.79 Å². The summed E-state index contributed by atoms with van der Waals surface area (Å²) in [6, 6.07) is 0. The monoisotopic (exact) mass is 358 g/mol. The third-order valence-electron chi connectivity index (χ3n) is 3.04. The fraction of sp³-hybridized carbons (Fsp3) is 0.444. The average Bonchev–Trinajstić information content (AvgIpc) is 3.14.